The van der Waals surface area contributed by atoms with Gasteiger partial charge >= 0.3 is 0 Å². The number of nitro groups is 1. The molecule has 0 saturated heterocycles. The number of hydrogen-bond donors (Lipinski definition) is 0. The first-order valence-electron chi connectivity index (χ1n) is 9.45. The summed E-state index contributed by atoms with van der Waals surface area (Å²) in [5.74, 6) is 0.754. The fourth-order valence-electron chi connectivity index (χ4n) is 3.71. The van der Waals surface area contributed by atoms with Crippen molar-refractivity contribution in [1.82, 2.24) is 14.5 Å². The molecule has 0 aliphatic rings. The Morgan fingerprint density at radius 1 is 0.767 bits per heavy atom. The minimum atomic E-state index is -0.355. The van der Waals surface area contributed by atoms with E-state index in [0.717, 1.165) is 28.2 Å². The van der Waals surface area contributed by atoms with E-state index in [1.54, 1.807) is 30.6 Å². The van der Waals surface area contributed by atoms with Crippen molar-refractivity contribution in [2.75, 3.05) is 0 Å². The van der Waals surface area contributed by atoms with Gasteiger partial charge in [-0.2, -0.15) is 0 Å². The van der Waals surface area contributed by atoms with Crippen molar-refractivity contribution in [3.63, 3.8) is 0 Å². The molecule has 144 valence electrons. The number of nitrogens with zero attached hydrogens (tertiary/aromatic N) is 4. The van der Waals surface area contributed by atoms with Crippen LogP contribution in [0.1, 0.15) is 0 Å². The van der Waals surface area contributed by atoms with Crippen molar-refractivity contribution in [2.24, 2.45) is 0 Å². The Bertz CT molecular complexity index is 1360. The molecule has 0 fully saturated rings. The normalized spacial score (nSPS) is 10.9. The number of para-hydroxylation sites is 3. The largest absolute Gasteiger partial charge is 0.292 e. The molecule has 5 rings (SSSR count). The zero-order valence-corrected chi connectivity index (χ0v) is 15.8. The summed E-state index contributed by atoms with van der Waals surface area (Å²) >= 11 is 0. The molecule has 0 amide bonds. The maximum Gasteiger partial charge on any atom is 0.277 e. The summed E-state index contributed by atoms with van der Waals surface area (Å²) < 4.78 is 2.07. The highest BCUT2D eigenvalue weighted by molar-refractivity contribution is 5.97. The Labute approximate surface area is 172 Å². The van der Waals surface area contributed by atoms with Gasteiger partial charge in [0.05, 0.1) is 21.5 Å². The average molecular weight is 392 g/mol. The molecule has 0 radical (unpaired) electrons. The molecular weight excluding hydrogens is 376 g/mol. The lowest BCUT2D eigenvalue weighted by atomic mass is 10.0. The van der Waals surface area contributed by atoms with Crippen molar-refractivity contribution < 1.29 is 4.92 Å². The zero-order chi connectivity index (χ0) is 20.5. The Balaban J connectivity index is 1.86. The van der Waals surface area contributed by atoms with Crippen LogP contribution in [0.5, 0.6) is 0 Å². The third kappa shape index (κ3) is 2.91. The number of rotatable bonds is 4. The Hall–Kier alpha value is -4.32. The summed E-state index contributed by atoms with van der Waals surface area (Å²) in [6, 6.07) is 26.3. The van der Waals surface area contributed by atoms with Crippen LogP contribution < -0.4 is 0 Å². The average Bonchev–Trinajstić information content (AvgIpc) is 3.20. The fourth-order valence-corrected chi connectivity index (χ4v) is 3.71. The highest BCUT2D eigenvalue weighted by Gasteiger charge is 2.21. The second kappa shape index (κ2) is 7.25. The SMILES string of the molecule is O=[N+]([O-])c1ccccc1-c1cccc2c1nc(-c1ccncc1)n2-c1ccccc1. The summed E-state index contributed by atoms with van der Waals surface area (Å²) in [5.41, 5.74) is 4.80. The van der Waals surface area contributed by atoms with E-state index in [1.165, 1.54) is 6.07 Å². The van der Waals surface area contributed by atoms with Crippen LogP contribution in [0.3, 0.4) is 0 Å². The maximum absolute atomic E-state index is 11.6. The highest BCUT2D eigenvalue weighted by Crippen LogP contribution is 2.37. The highest BCUT2D eigenvalue weighted by atomic mass is 16.6. The summed E-state index contributed by atoms with van der Waals surface area (Å²) in [7, 11) is 0. The quantitative estimate of drug-likeness (QED) is 0.292. The minimum absolute atomic E-state index is 0.0599. The van der Waals surface area contributed by atoms with E-state index < -0.39 is 0 Å². The number of imidazole rings is 1. The van der Waals surface area contributed by atoms with Gasteiger partial charge in [-0.1, -0.05) is 42.5 Å². The predicted molar refractivity (Wildman–Crippen MR) is 116 cm³/mol. The first-order valence-corrected chi connectivity index (χ1v) is 9.45. The number of hydrogen-bond acceptors (Lipinski definition) is 4. The molecule has 30 heavy (non-hydrogen) atoms. The van der Waals surface area contributed by atoms with Gasteiger partial charge in [-0.15, -0.1) is 0 Å². The van der Waals surface area contributed by atoms with Gasteiger partial charge in [0.25, 0.3) is 5.69 Å². The van der Waals surface area contributed by atoms with Crippen LogP contribution in [0.25, 0.3) is 39.2 Å². The maximum atomic E-state index is 11.6. The van der Waals surface area contributed by atoms with Crippen LogP contribution in [-0.2, 0) is 0 Å². The van der Waals surface area contributed by atoms with Crippen molar-refractivity contribution in [2.45, 2.75) is 0 Å². The second-order valence-electron chi connectivity index (χ2n) is 6.79. The molecule has 5 aromatic rings. The summed E-state index contributed by atoms with van der Waals surface area (Å²) in [4.78, 5) is 20.3. The fraction of sp³-hybridized carbons (Fsp3) is 0. The predicted octanol–water partition coefficient (Wildman–Crippen LogP) is 5.66. The van der Waals surface area contributed by atoms with E-state index in [0.29, 0.717) is 11.1 Å². The molecule has 3 aromatic carbocycles. The number of fused-ring (bicyclic) bond motifs is 1. The van der Waals surface area contributed by atoms with E-state index in [9.17, 15) is 10.1 Å². The Morgan fingerprint density at radius 3 is 2.23 bits per heavy atom. The zero-order valence-electron chi connectivity index (χ0n) is 15.8. The lowest BCUT2D eigenvalue weighted by molar-refractivity contribution is -0.384. The first-order chi connectivity index (χ1) is 14.7. The van der Waals surface area contributed by atoms with Crippen molar-refractivity contribution in [1.29, 1.82) is 0 Å². The number of benzene rings is 3. The minimum Gasteiger partial charge on any atom is -0.292 e. The smallest absolute Gasteiger partial charge is 0.277 e. The summed E-state index contributed by atoms with van der Waals surface area (Å²) in [6.45, 7) is 0. The van der Waals surface area contributed by atoms with E-state index >= 15 is 0 Å². The molecule has 0 atom stereocenters. The van der Waals surface area contributed by atoms with Gasteiger partial charge in [-0.05, 0) is 36.4 Å². The van der Waals surface area contributed by atoms with Gasteiger partial charge < -0.3 is 0 Å². The number of aromatic nitrogens is 3. The van der Waals surface area contributed by atoms with Crippen LogP contribution in [-0.4, -0.2) is 19.5 Å². The molecule has 2 heterocycles. The molecule has 0 unspecified atom stereocenters. The molecule has 0 spiro atoms. The Morgan fingerprint density at radius 2 is 1.47 bits per heavy atom. The van der Waals surface area contributed by atoms with Gasteiger partial charge in [0.2, 0.25) is 0 Å². The van der Waals surface area contributed by atoms with Crippen LogP contribution >= 0.6 is 0 Å². The molecule has 0 aliphatic carbocycles. The number of pyridine rings is 1. The number of nitro benzene ring substituents is 1. The third-order valence-corrected chi connectivity index (χ3v) is 5.03. The molecule has 6 heteroatoms. The second-order valence-corrected chi connectivity index (χ2v) is 6.79. The van der Waals surface area contributed by atoms with Crippen LogP contribution in [0.2, 0.25) is 0 Å². The van der Waals surface area contributed by atoms with Gasteiger partial charge in [-0.25, -0.2) is 4.98 Å². The Kier molecular flexibility index (Phi) is 4.29. The van der Waals surface area contributed by atoms with Gasteiger partial charge in [0, 0.05) is 35.3 Å². The molecule has 6 nitrogen and oxygen atoms in total. The van der Waals surface area contributed by atoms with E-state index in [4.69, 9.17) is 4.98 Å². The summed E-state index contributed by atoms with van der Waals surface area (Å²) in [5, 5.41) is 11.6. The molecule has 0 N–H and O–H groups in total. The molecular formula is C24H16N4O2. The molecule has 0 aliphatic heterocycles. The molecule has 2 aromatic heterocycles. The van der Waals surface area contributed by atoms with Crippen LogP contribution in [0.4, 0.5) is 5.69 Å². The van der Waals surface area contributed by atoms with Crippen LogP contribution in [0.15, 0.2) is 97.3 Å². The standard InChI is InChI=1S/C24H16N4O2/c29-28(30)21-11-5-4-9-19(21)20-10-6-12-22-23(20)26-24(17-13-15-25-16-14-17)27(22)18-7-2-1-3-8-18/h1-16H. The lowest BCUT2D eigenvalue weighted by Gasteiger charge is -2.09. The van der Waals surface area contributed by atoms with Crippen LogP contribution in [0, 0.1) is 10.1 Å². The monoisotopic (exact) mass is 392 g/mol. The lowest BCUT2D eigenvalue weighted by Crippen LogP contribution is -1.97. The summed E-state index contributed by atoms with van der Waals surface area (Å²) in [6.07, 6.45) is 3.46. The van der Waals surface area contributed by atoms with E-state index in [2.05, 4.69) is 9.55 Å². The van der Waals surface area contributed by atoms with Gasteiger partial charge in [0.15, 0.2) is 0 Å². The van der Waals surface area contributed by atoms with Crippen molar-refractivity contribution in [3.8, 4) is 28.2 Å². The molecule has 0 bridgehead atoms. The topological polar surface area (TPSA) is 73.8 Å². The van der Waals surface area contributed by atoms with Crippen molar-refractivity contribution in [3.05, 3.63) is 107 Å². The first kappa shape index (κ1) is 17.8. The van der Waals surface area contributed by atoms with Crippen molar-refractivity contribution >= 4 is 16.7 Å². The van der Waals surface area contributed by atoms with E-state index in [-0.39, 0.29) is 10.6 Å². The van der Waals surface area contributed by atoms with E-state index in [1.807, 2.05) is 60.7 Å². The van der Waals surface area contributed by atoms with Gasteiger partial charge in [-0.3, -0.25) is 19.7 Å². The third-order valence-electron chi connectivity index (χ3n) is 5.03. The molecule has 0 saturated carbocycles. The van der Waals surface area contributed by atoms with Gasteiger partial charge in [0.1, 0.15) is 5.82 Å².